The highest BCUT2D eigenvalue weighted by molar-refractivity contribution is 5.96. The van der Waals surface area contributed by atoms with Crippen molar-refractivity contribution >= 4 is 40.3 Å². The first kappa shape index (κ1) is 24.2. The van der Waals surface area contributed by atoms with Crippen LogP contribution in [0.3, 0.4) is 0 Å². The van der Waals surface area contributed by atoms with Gasteiger partial charge in [-0.15, -0.1) is 0 Å². The number of anilines is 1. The number of fused-ring (bicyclic) bond motifs is 1. The van der Waals surface area contributed by atoms with Crippen molar-refractivity contribution in [3.63, 3.8) is 0 Å². The fourth-order valence-electron chi connectivity index (χ4n) is 3.89. The van der Waals surface area contributed by atoms with Gasteiger partial charge in [-0.25, -0.2) is 0 Å². The fraction of sp³-hybridized carbons (Fsp3) is 0.455. The highest BCUT2D eigenvalue weighted by Gasteiger charge is 2.32. The zero-order chi connectivity index (χ0) is 24.1. The number of likely N-dealkylation sites (N-methyl/N-ethyl adjacent to an activating group) is 1. The first-order valence-electron chi connectivity index (χ1n) is 10.7. The van der Waals surface area contributed by atoms with Gasteiger partial charge < -0.3 is 25.4 Å². The van der Waals surface area contributed by atoms with E-state index in [0.717, 1.165) is 5.39 Å². The van der Waals surface area contributed by atoms with E-state index in [4.69, 9.17) is 5.11 Å². The van der Waals surface area contributed by atoms with E-state index in [0.29, 0.717) is 49.5 Å². The van der Waals surface area contributed by atoms with Crippen LogP contribution in [-0.2, 0) is 19.2 Å². The third-order valence-corrected chi connectivity index (χ3v) is 5.72. The lowest BCUT2D eigenvalue weighted by molar-refractivity contribution is -0.145. The molecule has 1 atom stereocenters. The molecule has 1 saturated heterocycles. The van der Waals surface area contributed by atoms with E-state index >= 15 is 0 Å². The summed E-state index contributed by atoms with van der Waals surface area (Å²) in [4.78, 5) is 55.2. The van der Waals surface area contributed by atoms with E-state index < -0.39 is 23.9 Å². The lowest BCUT2D eigenvalue weighted by Gasteiger charge is -2.37. The van der Waals surface area contributed by atoms with Crippen LogP contribution >= 0.6 is 0 Å². The lowest BCUT2D eigenvalue weighted by atomic mass is 10.0. The smallest absolute Gasteiger partial charge is 0.325 e. The van der Waals surface area contributed by atoms with Crippen LogP contribution in [0.1, 0.15) is 24.4 Å². The predicted molar refractivity (Wildman–Crippen MR) is 121 cm³/mol. The molecule has 2 amide bonds. The molecule has 178 valence electrons. The molecule has 1 aromatic carbocycles. The maximum atomic E-state index is 12.2. The number of aromatic nitrogens is 1. The Morgan fingerprint density at radius 3 is 2.39 bits per heavy atom. The summed E-state index contributed by atoms with van der Waals surface area (Å²) in [6.07, 6.45) is 1.29. The molecule has 2 heterocycles. The number of carbonyl (C=O) groups is 4. The molecule has 3 rings (SSSR count). The molecule has 4 N–H and O–H groups in total. The molecule has 33 heavy (non-hydrogen) atoms. The predicted octanol–water partition coefficient (Wildman–Crippen LogP) is 0.803. The Morgan fingerprint density at radius 1 is 1.09 bits per heavy atom. The third kappa shape index (κ3) is 6.08. The second kappa shape index (κ2) is 10.5. The van der Waals surface area contributed by atoms with E-state index in [2.05, 4.69) is 10.3 Å². The van der Waals surface area contributed by atoms with Gasteiger partial charge in [0.1, 0.15) is 6.04 Å². The Hall–Kier alpha value is -3.44. The van der Waals surface area contributed by atoms with Crippen molar-refractivity contribution in [1.82, 2.24) is 19.7 Å². The standard InChI is InChI=1S/C22H29N5O6/c1-25(2)19(29)13-26-7-9-27(10-8-26)21(22(32)33)16-12-23-17-11-14(3-4-15(16)17)24-18(28)5-6-20(30)31/h3-4,11-12,21,23H,5-10,13H2,1-2H3,(H,24,28)(H,30,31)(H,32,33)/t21-/m0/s1. The van der Waals surface area contributed by atoms with Crippen molar-refractivity contribution < 1.29 is 29.4 Å². The molecule has 2 aromatic rings. The third-order valence-electron chi connectivity index (χ3n) is 5.72. The van der Waals surface area contributed by atoms with Crippen LogP contribution < -0.4 is 5.32 Å². The number of benzene rings is 1. The van der Waals surface area contributed by atoms with Gasteiger partial charge in [-0.1, -0.05) is 6.07 Å². The molecule has 1 fully saturated rings. The van der Waals surface area contributed by atoms with Gasteiger partial charge in [0.15, 0.2) is 0 Å². The summed E-state index contributed by atoms with van der Waals surface area (Å²) in [5.74, 6) is -2.39. The molecule has 0 bridgehead atoms. The van der Waals surface area contributed by atoms with E-state index in [1.807, 2.05) is 9.80 Å². The molecule has 1 aliphatic heterocycles. The van der Waals surface area contributed by atoms with Gasteiger partial charge in [-0.05, 0) is 12.1 Å². The quantitative estimate of drug-likeness (QED) is 0.431. The number of nitrogens with one attached hydrogen (secondary N) is 2. The minimum atomic E-state index is -1.04. The number of nitrogens with zero attached hydrogens (tertiary/aromatic N) is 3. The molecule has 1 aromatic heterocycles. The van der Waals surface area contributed by atoms with Crippen LogP contribution in [0, 0.1) is 0 Å². The minimum absolute atomic E-state index is 0.0146. The van der Waals surface area contributed by atoms with Gasteiger partial charge in [-0.2, -0.15) is 0 Å². The normalized spacial score (nSPS) is 15.8. The number of aliphatic carboxylic acids is 2. The number of carboxylic acids is 2. The van der Waals surface area contributed by atoms with E-state index in [1.54, 1.807) is 43.4 Å². The number of carboxylic acid groups (broad SMARTS) is 2. The van der Waals surface area contributed by atoms with Crippen LogP contribution in [0.5, 0.6) is 0 Å². The van der Waals surface area contributed by atoms with Gasteiger partial charge in [0.25, 0.3) is 0 Å². The summed E-state index contributed by atoms with van der Waals surface area (Å²) in [5.41, 5.74) is 1.79. The molecule has 11 nitrogen and oxygen atoms in total. The molecule has 11 heteroatoms. The van der Waals surface area contributed by atoms with Crippen molar-refractivity contribution in [3.8, 4) is 0 Å². The van der Waals surface area contributed by atoms with Crippen LogP contribution in [-0.4, -0.2) is 100 Å². The first-order valence-corrected chi connectivity index (χ1v) is 10.7. The zero-order valence-corrected chi connectivity index (χ0v) is 18.7. The molecule has 0 aliphatic carbocycles. The Labute approximate surface area is 190 Å². The number of hydrogen-bond acceptors (Lipinski definition) is 6. The summed E-state index contributed by atoms with van der Waals surface area (Å²) in [7, 11) is 3.42. The zero-order valence-electron chi connectivity index (χ0n) is 18.7. The molecule has 0 saturated carbocycles. The van der Waals surface area contributed by atoms with E-state index in [1.165, 1.54) is 0 Å². The Bertz CT molecular complexity index is 1040. The van der Waals surface area contributed by atoms with Crippen molar-refractivity contribution in [1.29, 1.82) is 0 Å². The highest BCUT2D eigenvalue weighted by atomic mass is 16.4. The summed E-state index contributed by atoms with van der Waals surface area (Å²) in [6.45, 7) is 2.53. The average molecular weight is 460 g/mol. The maximum absolute atomic E-state index is 12.2. The Morgan fingerprint density at radius 2 is 1.79 bits per heavy atom. The van der Waals surface area contributed by atoms with E-state index in [-0.39, 0.29) is 18.7 Å². The Balaban J connectivity index is 1.71. The molecule has 0 radical (unpaired) electrons. The van der Waals surface area contributed by atoms with Gasteiger partial charge >= 0.3 is 11.9 Å². The number of rotatable bonds is 9. The largest absolute Gasteiger partial charge is 0.481 e. The lowest BCUT2D eigenvalue weighted by Crippen LogP contribution is -2.51. The number of piperazine rings is 1. The van der Waals surface area contributed by atoms with Gasteiger partial charge in [0.2, 0.25) is 11.8 Å². The van der Waals surface area contributed by atoms with Crippen LogP contribution in [0.2, 0.25) is 0 Å². The van der Waals surface area contributed by atoms with Crippen molar-refractivity contribution in [2.45, 2.75) is 18.9 Å². The maximum Gasteiger partial charge on any atom is 0.325 e. The molecule has 0 spiro atoms. The second-order valence-corrected chi connectivity index (χ2v) is 8.29. The van der Waals surface area contributed by atoms with Gasteiger partial charge in [0.05, 0.1) is 13.0 Å². The second-order valence-electron chi connectivity index (χ2n) is 8.29. The molecule has 0 unspecified atom stereocenters. The number of hydrogen-bond donors (Lipinski definition) is 4. The van der Waals surface area contributed by atoms with Crippen LogP contribution in [0.15, 0.2) is 24.4 Å². The van der Waals surface area contributed by atoms with Gasteiger partial charge in [0, 0.05) is 75.0 Å². The van der Waals surface area contributed by atoms with Crippen LogP contribution in [0.4, 0.5) is 5.69 Å². The highest BCUT2D eigenvalue weighted by Crippen LogP contribution is 2.31. The number of aromatic amines is 1. The average Bonchev–Trinajstić information content (AvgIpc) is 3.16. The molecular weight excluding hydrogens is 430 g/mol. The molecule has 1 aliphatic rings. The fourth-order valence-corrected chi connectivity index (χ4v) is 3.89. The number of carbonyl (C=O) groups excluding carboxylic acids is 2. The SMILES string of the molecule is CN(C)C(=O)CN1CCN([C@H](C(=O)O)c2c[nH]c3cc(NC(=O)CCC(=O)O)ccc23)CC1. The Kier molecular flexibility index (Phi) is 7.67. The summed E-state index contributed by atoms with van der Waals surface area (Å²) in [5, 5.41) is 22.1. The summed E-state index contributed by atoms with van der Waals surface area (Å²) in [6, 6.07) is 4.26. The van der Waals surface area contributed by atoms with Crippen molar-refractivity contribution in [2.24, 2.45) is 0 Å². The van der Waals surface area contributed by atoms with Crippen molar-refractivity contribution in [2.75, 3.05) is 52.1 Å². The minimum Gasteiger partial charge on any atom is -0.481 e. The van der Waals surface area contributed by atoms with Crippen molar-refractivity contribution in [3.05, 3.63) is 30.0 Å². The number of H-pyrrole nitrogens is 1. The van der Waals surface area contributed by atoms with Gasteiger partial charge in [-0.3, -0.25) is 29.0 Å². The summed E-state index contributed by atoms with van der Waals surface area (Å²) >= 11 is 0. The van der Waals surface area contributed by atoms with E-state index in [9.17, 15) is 24.3 Å². The number of amides is 2. The summed E-state index contributed by atoms with van der Waals surface area (Å²) < 4.78 is 0. The van der Waals surface area contributed by atoms with Crippen LogP contribution in [0.25, 0.3) is 10.9 Å². The topological polar surface area (TPSA) is 146 Å². The first-order chi connectivity index (χ1) is 15.7. The monoisotopic (exact) mass is 459 g/mol. The molecular formula is C22H29N5O6.